The molecular formula is C8H19NO. The van der Waals surface area contributed by atoms with Gasteiger partial charge in [0.1, 0.15) is 0 Å². The van der Waals surface area contributed by atoms with E-state index in [9.17, 15) is 0 Å². The lowest BCUT2D eigenvalue weighted by Crippen LogP contribution is -2.44. The van der Waals surface area contributed by atoms with E-state index >= 15 is 0 Å². The predicted molar refractivity (Wildman–Crippen MR) is 44.0 cm³/mol. The number of aliphatic hydroxyl groups is 1. The molecule has 0 spiro atoms. The molecule has 0 bridgehead atoms. The lowest BCUT2D eigenvalue weighted by atomic mass is 9.92. The van der Waals surface area contributed by atoms with Gasteiger partial charge < -0.3 is 10.4 Å². The number of aliphatic hydroxyl groups excluding tert-OH is 1. The summed E-state index contributed by atoms with van der Waals surface area (Å²) in [5.74, 6) is 0.629. The van der Waals surface area contributed by atoms with Crippen molar-refractivity contribution in [1.82, 2.24) is 5.32 Å². The first kappa shape index (κ1) is 9.92. The molecule has 0 aliphatic rings. The maximum absolute atomic E-state index is 8.97. The molecule has 62 valence electrons. The molecule has 2 heteroatoms. The summed E-state index contributed by atoms with van der Waals surface area (Å²) in [5.41, 5.74) is -0.0891. The van der Waals surface area contributed by atoms with Gasteiger partial charge in [-0.05, 0) is 26.3 Å². The van der Waals surface area contributed by atoms with Crippen molar-refractivity contribution in [2.45, 2.75) is 32.7 Å². The van der Waals surface area contributed by atoms with Gasteiger partial charge in [-0.25, -0.2) is 0 Å². The van der Waals surface area contributed by atoms with Gasteiger partial charge in [-0.3, -0.25) is 0 Å². The number of likely N-dealkylation sites (N-methyl/N-ethyl adjacent to an activating group) is 1. The zero-order chi connectivity index (χ0) is 8.20. The lowest BCUT2D eigenvalue weighted by Gasteiger charge is -2.28. The molecule has 0 unspecified atom stereocenters. The van der Waals surface area contributed by atoms with E-state index in [1.807, 2.05) is 14.0 Å². The predicted octanol–water partition coefficient (Wildman–Crippen LogP) is 1.00. The standard InChI is InChI=1S/C8H19NO/c1-7(2)5-8(3,6-10)9-4/h7,9-10H,5-6H2,1-4H3/t8-/m0/s1. The third kappa shape index (κ3) is 3.18. The van der Waals surface area contributed by atoms with E-state index in [1.165, 1.54) is 0 Å². The maximum Gasteiger partial charge on any atom is 0.0610 e. The van der Waals surface area contributed by atoms with Crippen LogP contribution in [0.25, 0.3) is 0 Å². The molecule has 0 aromatic carbocycles. The lowest BCUT2D eigenvalue weighted by molar-refractivity contribution is 0.161. The molecule has 0 saturated carbocycles. The van der Waals surface area contributed by atoms with Crippen LogP contribution in [0.5, 0.6) is 0 Å². The second-order valence-electron chi connectivity index (χ2n) is 3.57. The average molecular weight is 145 g/mol. The molecule has 0 heterocycles. The third-order valence-electron chi connectivity index (χ3n) is 1.81. The smallest absolute Gasteiger partial charge is 0.0610 e. The van der Waals surface area contributed by atoms with Crippen LogP contribution in [0.4, 0.5) is 0 Å². The summed E-state index contributed by atoms with van der Waals surface area (Å²) < 4.78 is 0. The van der Waals surface area contributed by atoms with Gasteiger partial charge in [0, 0.05) is 5.54 Å². The summed E-state index contributed by atoms with van der Waals surface area (Å²) in [6.07, 6.45) is 1.01. The van der Waals surface area contributed by atoms with Crippen molar-refractivity contribution in [2.24, 2.45) is 5.92 Å². The number of rotatable bonds is 4. The zero-order valence-corrected chi connectivity index (χ0v) is 7.44. The van der Waals surface area contributed by atoms with Crippen LogP contribution >= 0.6 is 0 Å². The summed E-state index contributed by atoms with van der Waals surface area (Å²) in [7, 11) is 1.89. The Balaban J connectivity index is 3.80. The second-order valence-corrected chi connectivity index (χ2v) is 3.57. The minimum Gasteiger partial charge on any atom is -0.394 e. The van der Waals surface area contributed by atoms with Crippen molar-refractivity contribution >= 4 is 0 Å². The highest BCUT2D eigenvalue weighted by atomic mass is 16.3. The Morgan fingerprint density at radius 2 is 2.00 bits per heavy atom. The first-order chi connectivity index (χ1) is 4.54. The van der Waals surface area contributed by atoms with E-state index in [0.29, 0.717) is 5.92 Å². The van der Waals surface area contributed by atoms with E-state index in [-0.39, 0.29) is 12.1 Å². The fourth-order valence-electron chi connectivity index (χ4n) is 1.15. The van der Waals surface area contributed by atoms with Crippen molar-refractivity contribution in [3.63, 3.8) is 0 Å². The normalized spacial score (nSPS) is 17.4. The Labute approximate surface area is 63.6 Å². The van der Waals surface area contributed by atoms with Gasteiger partial charge >= 0.3 is 0 Å². The highest BCUT2D eigenvalue weighted by molar-refractivity contribution is 4.81. The van der Waals surface area contributed by atoms with Crippen LogP contribution in [0, 0.1) is 5.92 Å². The van der Waals surface area contributed by atoms with Gasteiger partial charge in [-0.1, -0.05) is 13.8 Å². The van der Waals surface area contributed by atoms with Crippen LogP contribution in [0.1, 0.15) is 27.2 Å². The van der Waals surface area contributed by atoms with Crippen molar-refractivity contribution in [2.75, 3.05) is 13.7 Å². The Bertz CT molecular complexity index is 87.3. The summed E-state index contributed by atoms with van der Waals surface area (Å²) >= 11 is 0. The maximum atomic E-state index is 8.97. The molecular weight excluding hydrogens is 126 g/mol. The Hall–Kier alpha value is -0.0800. The van der Waals surface area contributed by atoms with E-state index in [0.717, 1.165) is 6.42 Å². The van der Waals surface area contributed by atoms with Crippen LogP contribution < -0.4 is 5.32 Å². The third-order valence-corrected chi connectivity index (χ3v) is 1.81. The van der Waals surface area contributed by atoms with E-state index in [4.69, 9.17) is 5.11 Å². The van der Waals surface area contributed by atoms with Gasteiger partial charge in [-0.2, -0.15) is 0 Å². The van der Waals surface area contributed by atoms with Gasteiger partial charge in [-0.15, -0.1) is 0 Å². The van der Waals surface area contributed by atoms with Gasteiger partial charge in [0.2, 0.25) is 0 Å². The molecule has 0 aliphatic carbocycles. The summed E-state index contributed by atoms with van der Waals surface area (Å²) in [5, 5.41) is 12.1. The van der Waals surface area contributed by atoms with Crippen LogP contribution in [-0.4, -0.2) is 24.3 Å². The molecule has 0 aromatic rings. The first-order valence-corrected chi connectivity index (χ1v) is 3.84. The molecule has 0 fully saturated rings. The Morgan fingerprint density at radius 1 is 1.50 bits per heavy atom. The molecule has 2 nitrogen and oxygen atoms in total. The van der Waals surface area contributed by atoms with Crippen LogP contribution in [0.3, 0.4) is 0 Å². The molecule has 0 aliphatic heterocycles. The highest BCUT2D eigenvalue weighted by Gasteiger charge is 2.21. The van der Waals surface area contributed by atoms with E-state index < -0.39 is 0 Å². The molecule has 0 rings (SSSR count). The molecule has 10 heavy (non-hydrogen) atoms. The van der Waals surface area contributed by atoms with E-state index in [1.54, 1.807) is 0 Å². The van der Waals surface area contributed by atoms with E-state index in [2.05, 4.69) is 19.2 Å². The van der Waals surface area contributed by atoms with Crippen molar-refractivity contribution in [3.05, 3.63) is 0 Å². The quantitative estimate of drug-likeness (QED) is 0.618. The number of hydrogen-bond donors (Lipinski definition) is 2. The second kappa shape index (κ2) is 3.94. The fourth-order valence-corrected chi connectivity index (χ4v) is 1.15. The first-order valence-electron chi connectivity index (χ1n) is 3.84. The minimum atomic E-state index is -0.0891. The molecule has 0 aromatic heterocycles. The SMILES string of the molecule is CN[C@](C)(CO)CC(C)C. The molecule has 0 amide bonds. The largest absolute Gasteiger partial charge is 0.394 e. The monoisotopic (exact) mass is 145 g/mol. The zero-order valence-electron chi connectivity index (χ0n) is 7.44. The molecule has 0 saturated heterocycles. The summed E-state index contributed by atoms with van der Waals surface area (Å²) in [6.45, 7) is 6.56. The van der Waals surface area contributed by atoms with Gasteiger partial charge in [0.25, 0.3) is 0 Å². The highest BCUT2D eigenvalue weighted by Crippen LogP contribution is 2.14. The average Bonchev–Trinajstić information content (AvgIpc) is 1.87. The van der Waals surface area contributed by atoms with Gasteiger partial charge in [0.05, 0.1) is 6.61 Å². The molecule has 1 atom stereocenters. The Morgan fingerprint density at radius 3 is 2.10 bits per heavy atom. The van der Waals surface area contributed by atoms with Crippen LogP contribution in [0.15, 0.2) is 0 Å². The minimum absolute atomic E-state index is 0.0891. The van der Waals surface area contributed by atoms with Crippen molar-refractivity contribution in [1.29, 1.82) is 0 Å². The molecule has 0 radical (unpaired) electrons. The summed E-state index contributed by atoms with van der Waals surface area (Å²) in [4.78, 5) is 0. The van der Waals surface area contributed by atoms with Crippen molar-refractivity contribution < 1.29 is 5.11 Å². The number of nitrogens with one attached hydrogen (secondary N) is 1. The fraction of sp³-hybridized carbons (Fsp3) is 1.00. The van der Waals surface area contributed by atoms with Crippen LogP contribution in [-0.2, 0) is 0 Å². The van der Waals surface area contributed by atoms with Gasteiger partial charge in [0.15, 0.2) is 0 Å². The van der Waals surface area contributed by atoms with Crippen molar-refractivity contribution in [3.8, 4) is 0 Å². The molecule has 2 N–H and O–H groups in total. The number of hydrogen-bond acceptors (Lipinski definition) is 2. The topological polar surface area (TPSA) is 32.3 Å². The van der Waals surface area contributed by atoms with Crippen LogP contribution in [0.2, 0.25) is 0 Å². The summed E-state index contributed by atoms with van der Waals surface area (Å²) in [6, 6.07) is 0. The Kier molecular flexibility index (Phi) is 3.91.